The molecule has 1 aliphatic carbocycles. The van der Waals surface area contributed by atoms with Crippen LogP contribution in [-0.2, 0) is 4.74 Å². The van der Waals surface area contributed by atoms with Gasteiger partial charge in [0, 0.05) is 0 Å². The van der Waals surface area contributed by atoms with Crippen molar-refractivity contribution >= 4 is 17.7 Å². The summed E-state index contributed by atoms with van der Waals surface area (Å²) in [5.41, 5.74) is 2.26. The molecule has 1 radical (unpaired) electrons. The molecule has 1 aromatic carbocycles. The highest BCUT2D eigenvalue weighted by molar-refractivity contribution is 6.17. The molecule has 0 bridgehead atoms. The number of ether oxygens (including phenoxy) is 1. The number of halogens is 1. The van der Waals surface area contributed by atoms with E-state index in [-0.39, 0.29) is 12.2 Å². The minimum absolute atomic E-state index is 0.00120. The van der Waals surface area contributed by atoms with Crippen molar-refractivity contribution in [2.75, 3.05) is 6.07 Å². The summed E-state index contributed by atoms with van der Waals surface area (Å²) in [6, 6.07) is 9.25. The zero-order valence-corrected chi connectivity index (χ0v) is 7.21. The number of rotatable bonds is 2. The molecule has 2 rings (SSSR count). The molecular weight excluding hydrogens is 172 g/mol. The number of hydrogen-bond acceptors (Lipinski definition) is 1. The molecule has 0 aromatic heterocycles. The average Bonchev–Trinajstić information content (AvgIpc) is 2.50. The van der Waals surface area contributed by atoms with Gasteiger partial charge in [0.15, 0.2) is 0 Å². The molecule has 0 saturated carbocycles. The second kappa shape index (κ2) is 3.30. The van der Waals surface area contributed by atoms with Crippen molar-refractivity contribution in [3.8, 4) is 0 Å². The molecular formula is C10H8ClO. The molecule has 1 aromatic rings. The van der Waals surface area contributed by atoms with Gasteiger partial charge in [0.25, 0.3) is 0 Å². The lowest BCUT2D eigenvalue weighted by Gasteiger charge is -2.08. The number of fused-ring (bicyclic) bond motifs is 1. The maximum absolute atomic E-state index is 5.48. The Morgan fingerprint density at radius 1 is 1.58 bits per heavy atom. The van der Waals surface area contributed by atoms with Gasteiger partial charge in [0.05, 0.1) is 0 Å². The summed E-state index contributed by atoms with van der Waals surface area (Å²) in [4.78, 5) is 0. The van der Waals surface area contributed by atoms with Gasteiger partial charge >= 0.3 is 0 Å². The fourth-order valence-electron chi connectivity index (χ4n) is 1.35. The Labute approximate surface area is 76.6 Å². The molecule has 0 heterocycles. The van der Waals surface area contributed by atoms with Crippen molar-refractivity contribution in [1.82, 2.24) is 0 Å². The maximum Gasteiger partial charge on any atom is 0.122 e. The van der Waals surface area contributed by atoms with Crippen LogP contribution < -0.4 is 0 Å². The van der Waals surface area contributed by atoms with Crippen LogP contribution in [-0.4, -0.2) is 6.07 Å². The van der Waals surface area contributed by atoms with E-state index in [1.54, 1.807) is 0 Å². The third kappa shape index (κ3) is 1.26. The molecule has 1 aliphatic rings. The van der Waals surface area contributed by atoms with Gasteiger partial charge in [-0.05, 0) is 17.2 Å². The first-order valence-electron chi connectivity index (χ1n) is 3.78. The molecule has 0 fully saturated rings. The Morgan fingerprint density at radius 2 is 2.50 bits per heavy atom. The highest BCUT2D eigenvalue weighted by atomic mass is 35.5. The first kappa shape index (κ1) is 7.84. The zero-order valence-electron chi connectivity index (χ0n) is 6.46. The minimum atomic E-state index is -0.00120. The summed E-state index contributed by atoms with van der Waals surface area (Å²) in [6.45, 7) is 0. The van der Waals surface area contributed by atoms with Crippen molar-refractivity contribution in [3.05, 3.63) is 41.5 Å². The normalized spacial score (nSPS) is 19.6. The van der Waals surface area contributed by atoms with Crippen molar-refractivity contribution in [2.45, 2.75) is 6.10 Å². The maximum atomic E-state index is 5.48. The lowest BCUT2D eigenvalue weighted by Crippen LogP contribution is -1.97. The first-order chi connectivity index (χ1) is 5.92. The fraction of sp³-hybridized carbons (Fsp3) is 0.200. The lowest BCUT2D eigenvalue weighted by molar-refractivity contribution is 0.127. The highest BCUT2D eigenvalue weighted by Gasteiger charge is 2.16. The van der Waals surface area contributed by atoms with Crippen LogP contribution in [0.1, 0.15) is 17.2 Å². The predicted molar refractivity (Wildman–Crippen MR) is 48.9 cm³/mol. The van der Waals surface area contributed by atoms with Crippen LogP contribution in [0.4, 0.5) is 0 Å². The van der Waals surface area contributed by atoms with Crippen LogP contribution in [0, 0.1) is 6.07 Å². The Bertz CT molecular complexity index is 306. The third-order valence-corrected chi connectivity index (χ3v) is 2.03. The van der Waals surface area contributed by atoms with E-state index < -0.39 is 0 Å². The largest absolute Gasteiger partial charge is 0.354 e. The van der Waals surface area contributed by atoms with Gasteiger partial charge in [-0.25, -0.2) is 0 Å². The molecule has 0 amide bonds. The fourth-order valence-corrected chi connectivity index (χ4v) is 1.48. The molecule has 1 atom stereocenters. The molecule has 2 heteroatoms. The molecule has 0 saturated heterocycles. The smallest absolute Gasteiger partial charge is 0.122 e. The van der Waals surface area contributed by atoms with Gasteiger partial charge in [-0.15, -0.1) is 0 Å². The van der Waals surface area contributed by atoms with Gasteiger partial charge in [0.2, 0.25) is 0 Å². The summed E-state index contributed by atoms with van der Waals surface area (Å²) < 4.78 is 5.28. The van der Waals surface area contributed by atoms with E-state index in [0.29, 0.717) is 0 Å². The molecule has 61 valence electrons. The van der Waals surface area contributed by atoms with Gasteiger partial charge in [0.1, 0.15) is 12.2 Å². The summed E-state index contributed by atoms with van der Waals surface area (Å²) in [5, 5.41) is 0. The van der Waals surface area contributed by atoms with Crippen molar-refractivity contribution in [2.24, 2.45) is 0 Å². The van der Waals surface area contributed by atoms with Crippen molar-refractivity contribution in [1.29, 1.82) is 0 Å². The summed E-state index contributed by atoms with van der Waals surface area (Å²) in [7, 11) is 0. The van der Waals surface area contributed by atoms with E-state index in [0.717, 1.165) is 5.56 Å². The molecule has 1 unspecified atom stereocenters. The van der Waals surface area contributed by atoms with E-state index in [1.807, 2.05) is 30.4 Å². The zero-order chi connectivity index (χ0) is 8.39. The molecule has 0 spiro atoms. The molecule has 0 aliphatic heterocycles. The van der Waals surface area contributed by atoms with E-state index in [4.69, 9.17) is 16.3 Å². The van der Waals surface area contributed by atoms with Crippen LogP contribution in [0.15, 0.2) is 24.3 Å². The Morgan fingerprint density at radius 3 is 3.33 bits per heavy atom. The van der Waals surface area contributed by atoms with Crippen LogP contribution in [0.2, 0.25) is 0 Å². The third-order valence-electron chi connectivity index (χ3n) is 1.90. The summed E-state index contributed by atoms with van der Waals surface area (Å²) in [6.07, 6.45) is 4.02. The van der Waals surface area contributed by atoms with E-state index >= 15 is 0 Å². The lowest BCUT2D eigenvalue weighted by atomic mass is 10.1. The van der Waals surface area contributed by atoms with Gasteiger partial charge in [-0.1, -0.05) is 42.0 Å². The SMILES string of the molecule is ClCOC1C=Cc2ccc[c]c21. The van der Waals surface area contributed by atoms with Crippen LogP contribution >= 0.6 is 11.6 Å². The van der Waals surface area contributed by atoms with Crippen molar-refractivity contribution in [3.63, 3.8) is 0 Å². The van der Waals surface area contributed by atoms with Crippen LogP contribution in [0.25, 0.3) is 6.08 Å². The monoisotopic (exact) mass is 179 g/mol. The Hall–Kier alpha value is -0.790. The van der Waals surface area contributed by atoms with Gasteiger partial charge in [-0.3, -0.25) is 0 Å². The van der Waals surface area contributed by atoms with Crippen LogP contribution in [0.5, 0.6) is 0 Å². The van der Waals surface area contributed by atoms with Crippen LogP contribution in [0.3, 0.4) is 0 Å². The highest BCUT2D eigenvalue weighted by Crippen LogP contribution is 2.30. The minimum Gasteiger partial charge on any atom is -0.354 e. The van der Waals surface area contributed by atoms with Crippen molar-refractivity contribution < 1.29 is 4.74 Å². The van der Waals surface area contributed by atoms with Gasteiger partial charge in [-0.2, -0.15) is 0 Å². The second-order valence-corrected chi connectivity index (χ2v) is 2.81. The predicted octanol–water partition coefficient (Wildman–Crippen LogP) is 2.77. The van der Waals surface area contributed by atoms with E-state index in [9.17, 15) is 0 Å². The number of hydrogen-bond donors (Lipinski definition) is 0. The average molecular weight is 180 g/mol. The quantitative estimate of drug-likeness (QED) is 0.635. The molecule has 0 N–H and O–H groups in total. The number of benzene rings is 1. The first-order valence-corrected chi connectivity index (χ1v) is 4.31. The summed E-state index contributed by atoms with van der Waals surface area (Å²) >= 11 is 5.48. The standard InChI is InChI=1S/C10H8ClO/c11-7-12-10-6-5-8-3-1-2-4-9(8)10/h1-3,5-6,10H,7H2. The molecule has 1 nitrogen and oxygen atoms in total. The topological polar surface area (TPSA) is 9.23 Å². The van der Waals surface area contributed by atoms with Gasteiger partial charge < -0.3 is 4.74 Å². The Kier molecular flexibility index (Phi) is 2.15. The second-order valence-electron chi connectivity index (χ2n) is 2.59. The van der Waals surface area contributed by atoms with E-state index in [2.05, 4.69) is 6.07 Å². The summed E-state index contributed by atoms with van der Waals surface area (Å²) in [5.74, 6) is 0. The molecule has 12 heavy (non-hydrogen) atoms. The number of alkyl halides is 1. The Balaban J connectivity index is 2.30. The van der Waals surface area contributed by atoms with E-state index in [1.165, 1.54) is 5.56 Å².